The first-order chi connectivity index (χ1) is 7.49. The molecule has 0 radical (unpaired) electrons. The van der Waals surface area contributed by atoms with Crippen molar-refractivity contribution < 1.29 is 0 Å². The van der Waals surface area contributed by atoms with Gasteiger partial charge in [0.05, 0.1) is 20.5 Å². The molecule has 0 aliphatic rings. The molecule has 0 bridgehead atoms. The van der Waals surface area contributed by atoms with Crippen LogP contribution in [0.2, 0.25) is 0 Å². The third-order valence-electron chi connectivity index (χ3n) is 1.91. The molecular weight excluding hydrogens is 527 g/mol. The van der Waals surface area contributed by atoms with E-state index in [0.717, 1.165) is 26.3 Å². The summed E-state index contributed by atoms with van der Waals surface area (Å²) >= 11 is 23.7. The van der Waals surface area contributed by atoms with E-state index in [9.17, 15) is 0 Å². The van der Waals surface area contributed by atoms with Crippen molar-refractivity contribution in [3.05, 3.63) is 38.4 Å². The number of alkyl halides is 1. The minimum Gasteiger partial charge on any atom is -0.121 e. The van der Waals surface area contributed by atoms with Crippen molar-refractivity contribution >= 4 is 98.0 Å². The topological polar surface area (TPSA) is 0 Å². The second kappa shape index (κ2) is 5.72. The van der Waals surface area contributed by atoms with Gasteiger partial charge in [-0.1, -0.05) is 0 Å². The highest BCUT2D eigenvalue weighted by Crippen LogP contribution is 2.45. The van der Waals surface area contributed by atoms with Gasteiger partial charge in [0.25, 0.3) is 0 Å². The average molecular weight is 530 g/mol. The van der Waals surface area contributed by atoms with Crippen LogP contribution in [0.3, 0.4) is 0 Å². The monoisotopic (exact) mass is 526 g/mol. The van der Waals surface area contributed by atoms with Crippen LogP contribution >= 0.6 is 98.0 Å². The predicted octanol–water partition coefficient (Wildman–Crippen LogP) is 7.19. The molecule has 2 aromatic heterocycles. The van der Waals surface area contributed by atoms with Crippen LogP contribution in [0.25, 0.3) is 0 Å². The van der Waals surface area contributed by atoms with Crippen LogP contribution in [-0.4, -0.2) is 0 Å². The Labute approximate surface area is 140 Å². The third kappa shape index (κ3) is 2.95. The largest absolute Gasteiger partial charge is 0.121 e. The third-order valence-corrected chi connectivity index (χ3v) is 7.15. The molecule has 0 saturated heterocycles. The molecule has 2 aromatic rings. The van der Waals surface area contributed by atoms with Crippen LogP contribution in [0, 0.1) is 0 Å². The zero-order chi connectivity index (χ0) is 11.9. The maximum atomic E-state index is 6.48. The quantitative estimate of drug-likeness (QED) is 0.361. The van der Waals surface area contributed by atoms with Crippen molar-refractivity contribution in [3.63, 3.8) is 0 Å². The number of halogens is 5. The molecule has 0 nitrogen and oxygen atoms in total. The van der Waals surface area contributed by atoms with Gasteiger partial charge < -0.3 is 0 Å². The molecule has 0 spiro atoms. The van der Waals surface area contributed by atoms with Crippen molar-refractivity contribution in [1.82, 2.24) is 0 Å². The molecule has 0 amide bonds. The van der Waals surface area contributed by atoms with E-state index in [4.69, 9.17) is 11.6 Å². The second-order valence-electron chi connectivity index (χ2n) is 2.92. The van der Waals surface area contributed by atoms with Crippen molar-refractivity contribution in [2.45, 2.75) is 5.38 Å². The first kappa shape index (κ1) is 14.0. The standard InChI is InChI=1S/C9H3Br4ClS2/c10-5-1-3(8(12)15-5)7(14)4-2-6(11)16-9(4)13/h1-2,7H. The van der Waals surface area contributed by atoms with Gasteiger partial charge in [0, 0.05) is 11.1 Å². The van der Waals surface area contributed by atoms with E-state index in [-0.39, 0.29) is 5.38 Å². The van der Waals surface area contributed by atoms with Crippen molar-refractivity contribution in [2.75, 3.05) is 0 Å². The van der Waals surface area contributed by atoms with Gasteiger partial charge in [0.15, 0.2) is 0 Å². The summed E-state index contributed by atoms with van der Waals surface area (Å²) in [5.41, 5.74) is 2.18. The van der Waals surface area contributed by atoms with Crippen molar-refractivity contribution in [2.24, 2.45) is 0 Å². The summed E-state index contributed by atoms with van der Waals surface area (Å²) in [5.74, 6) is 0. The first-order valence-electron chi connectivity index (χ1n) is 4.02. The smallest absolute Gasteiger partial charge is 0.0874 e. The molecule has 0 aliphatic carbocycles. The summed E-state index contributed by atoms with van der Waals surface area (Å²) in [6.07, 6.45) is 0. The molecule has 0 fully saturated rings. The second-order valence-corrected chi connectivity index (χ2v) is 10.9. The maximum absolute atomic E-state index is 6.48. The molecule has 2 heterocycles. The predicted molar refractivity (Wildman–Crippen MR) is 87.1 cm³/mol. The molecule has 0 aromatic carbocycles. The summed E-state index contributed by atoms with van der Waals surface area (Å²) < 4.78 is 4.28. The van der Waals surface area contributed by atoms with E-state index >= 15 is 0 Å². The summed E-state index contributed by atoms with van der Waals surface area (Å²) in [4.78, 5) is 0. The Morgan fingerprint density at radius 3 is 1.50 bits per heavy atom. The molecule has 0 saturated carbocycles. The number of rotatable bonds is 2. The van der Waals surface area contributed by atoms with E-state index in [2.05, 4.69) is 63.7 Å². The van der Waals surface area contributed by atoms with Gasteiger partial charge in [-0.3, -0.25) is 0 Å². The van der Waals surface area contributed by atoms with E-state index in [1.54, 1.807) is 22.7 Å². The lowest BCUT2D eigenvalue weighted by Gasteiger charge is -2.07. The first-order valence-corrected chi connectivity index (χ1v) is 9.26. The average Bonchev–Trinajstić information content (AvgIpc) is 2.68. The van der Waals surface area contributed by atoms with Gasteiger partial charge in [0.1, 0.15) is 0 Å². The van der Waals surface area contributed by atoms with E-state index in [0.29, 0.717) is 0 Å². The molecule has 0 unspecified atom stereocenters. The highest BCUT2D eigenvalue weighted by atomic mass is 79.9. The summed E-state index contributed by atoms with van der Waals surface area (Å²) in [7, 11) is 0. The Balaban J connectivity index is 2.42. The van der Waals surface area contributed by atoms with E-state index in [1.807, 2.05) is 12.1 Å². The van der Waals surface area contributed by atoms with Crippen LogP contribution < -0.4 is 0 Å². The van der Waals surface area contributed by atoms with Crippen molar-refractivity contribution in [1.29, 1.82) is 0 Å². The zero-order valence-corrected chi connectivity index (χ0v) is 16.2. The molecule has 0 atom stereocenters. The van der Waals surface area contributed by atoms with Crippen LogP contribution in [0.15, 0.2) is 27.3 Å². The lowest BCUT2D eigenvalue weighted by atomic mass is 10.1. The van der Waals surface area contributed by atoms with E-state index < -0.39 is 0 Å². The molecule has 0 N–H and O–H groups in total. The molecular formula is C9H3Br4ClS2. The van der Waals surface area contributed by atoms with Crippen LogP contribution in [0.1, 0.15) is 16.5 Å². The normalized spacial score (nSPS) is 11.4. The fraction of sp³-hybridized carbons (Fsp3) is 0.111. The Kier molecular flexibility index (Phi) is 5.01. The van der Waals surface area contributed by atoms with Gasteiger partial charge in [-0.25, -0.2) is 0 Å². The fourth-order valence-corrected chi connectivity index (χ4v) is 7.76. The number of hydrogen-bond donors (Lipinski definition) is 0. The molecule has 0 aliphatic heterocycles. The minimum absolute atomic E-state index is 0.145. The van der Waals surface area contributed by atoms with Gasteiger partial charge in [-0.15, -0.1) is 34.3 Å². The van der Waals surface area contributed by atoms with Gasteiger partial charge in [-0.05, 0) is 75.9 Å². The Morgan fingerprint density at radius 2 is 1.25 bits per heavy atom. The van der Waals surface area contributed by atoms with Gasteiger partial charge in [0.2, 0.25) is 0 Å². The molecule has 86 valence electrons. The highest BCUT2D eigenvalue weighted by Gasteiger charge is 2.20. The lowest BCUT2D eigenvalue weighted by Crippen LogP contribution is -1.90. The number of thiophene rings is 2. The highest BCUT2D eigenvalue weighted by molar-refractivity contribution is 9.12. The lowest BCUT2D eigenvalue weighted by molar-refractivity contribution is 1.15. The molecule has 16 heavy (non-hydrogen) atoms. The fourth-order valence-electron chi connectivity index (χ4n) is 1.22. The summed E-state index contributed by atoms with van der Waals surface area (Å²) in [5, 5.41) is -0.145. The number of hydrogen-bond acceptors (Lipinski definition) is 2. The Bertz CT molecular complexity index is 473. The Hall–Kier alpha value is 1.61. The van der Waals surface area contributed by atoms with Gasteiger partial charge in [-0.2, -0.15) is 0 Å². The van der Waals surface area contributed by atoms with Crippen molar-refractivity contribution in [3.8, 4) is 0 Å². The molecule has 2 rings (SSSR count). The summed E-state index contributed by atoms with van der Waals surface area (Å²) in [6, 6.07) is 4.09. The zero-order valence-electron chi connectivity index (χ0n) is 7.44. The summed E-state index contributed by atoms with van der Waals surface area (Å²) in [6.45, 7) is 0. The van der Waals surface area contributed by atoms with Crippen LogP contribution in [0.4, 0.5) is 0 Å². The maximum Gasteiger partial charge on any atom is 0.0874 e. The van der Waals surface area contributed by atoms with Gasteiger partial charge >= 0.3 is 0 Å². The SMILES string of the molecule is ClC(c1cc(Br)sc1Br)c1cc(Br)sc1Br. The molecule has 7 heteroatoms. The van der Waals surface area contributed by atoms with Crippen LogP contribution in [-0.2, 0) is 0 Å². The minimum atomic E-state index is -0.145. The Morgan fingerprint density at radius 1 is 0.875 bits per heavy atom. The van der Waals surface area contributed by atoms with Crippen LogP contribution in [0.5, 0.6) is 0 Å². The van der Waals surface area contributed by atoms with E-state index in [1.165, 1.54) is 0 Å².